The Morgan fingerprint density at radius 3 is 1.17 bits per heavy atom. The molecule has 0 aromatic carbocycles. The van der Waals surface area contributed by atoms with Gasteiger partial charge in [0, 0.05) is 39.9 Å². The van der Waals surface area contributed by atoms with Crippen molar-refractivity contribution < 1.29 is 56.0 Å². The number of hydrogen-bond donors (Lipinski definition) is 2. The second-order valence-electron chi connectivity index (χ2n) is 0.448. The van der Waals surface area contributed by atoms with Gasteiger partial charge in [-0.25, -0.2) is 0 Å². The first-order valence-corrected chi connectivity index (χ1v) is 3.63. The molecule has 0 aromatic heterocycles. The Bertz CT molecular complexity index is 90.7. The summed E-state index contributed by atoms with van der Waals surface area (Å²) in [6, 6.07) is 0. The van der Waals surface area contributed by atoms with Gasteiger partial charge in [0.2, 0.25) is 0 Å². The van der Waals surface area contributed by atoms with Crippen molar-refractivity contribution in [3.63, 3.8) is 0 Å². The molecule has 0 spiro atoms. The second-order valence-corrected chi connectivity index (χ2v) is 2.33. The largest absolute Gasteiger partial charge is 0 e. The van der Waals surface area contributed by atoms with Crippen molar-refractivity contribution in [1.29, 1.82) is 0 Å². The summed E-state index contributed by atoms with van der Waals surface area (Å²) in [5.74, 6) is 0. The van der Waals surface area contributed by atoms with Crippen LogP contribution in [0.3, 0.4) is 0 Å². The molecule has 0 aromatic rings. The fraction of sp³-hybridized carbons (Fsp3) is 0. The zero-order valence-electron chi connectivity index (χ0n) is 2.47. The third kappa shape index (κ3) is 54.9. The van der Waals surface area contributed by atoms with Gasteiger partial charge in [-0.2, -0.15) is 0 Å². The van der Waals surface area contributed by atoms with Crippen molar-refractivity contribution in [1.82, 2.24) is 0 Å². The smallest absolute Gasteiger partial charge is 0 e. The van der Waals surface area contributed by atoms with Crippen LogP contribution in [0.4, 0.5) is 0 Å². The molecule has 6 heavy (non-hydrogen) atoms. The molecule has 0 aliphatic heterocycles. The van der Waals surface area contributed by atoms with E-state index in [1.807, 2.05) is 0 Å². The maximum atomic E-state index is 8.82. The standard InChI is InChI=1S/Gd.H2O4Se/c;1-5(2,3)4/h;(H2,1,2,3,4). The molecule has 0 aliphatic rings. The van der Waals surface area contributed by atoms with Gasteiger partial charge in [0.15, 0.2) is 0 Å². The molecule has 0 unspecified atom stereocenters. The van der Waals surface area contributed by atoms with Crippen molar-refractivity contribution in [2.24, 2.45) is 0 Å². The van der Waals surface area contributed by atoms with Crippen LogP contribution in [0.5, 0.6) is 0 Å². The molecule has 0 aliphatic carbocycles. The monoisotopic (exact) mass is 304 g/mol. The van der Waals surface area contributed by atoms with Gasteiger partial charge in [0.25, 0.3) is 0 Å². The van der Waals surface area contributed by atoms with Gasteiger partial charge in [-0.3, -0.25) is 0 Å². The zero-order valence-corrected chi connectivity index (χ0v) is 6.45. The Balaban J connectivity index is 0. The van der Waals surface area contributed by atoms with Crippen LogP contribution in [0.25, 0.3) is 0 Å². The normalized spacial score (nSPS) is 9.67. The van der Waals surface area contributed by atoms with Gasteiger partial charge in [-0.05, 0) is 0 Å². The minimum atomic E-state index is -5.25. The topological polar surface area (TPSA) is 74.6 Å². The maximum Gasteiger partial charge on any atom is 0 e. The fourth-order valence-corrected chi connectivity index (χ4v) is 0. The Morgan fingerprint density at radius 2 is 1.17 bits per heavy atom. The van der Waals surface area contributed by atoms with Crippen LogP contribution in [0.2, 0.25) is 0 Å². The van der Waals surface area contributed by atoms with Gasteiger partial charge in [-0.15, -0.1) is 0 Å². The van der Waals surface area contributed by atoms with E-state index in [2.05, 4.69) is 0 Å². The van der Waals surface area contributed by atoms with E-state index in [4.69, 9.17) is 16.0 Å². The maximum absolute atomic E-state index is 8.82. The van der Waals surface area contributed by atoms with Gasteiger partial charge in [0.05, 0.1) is 0 Å². The fourth-order valence-electron chi connectivity index (χ4n) is 0. The van der Waals surface area contributed by atoms with E-state index in [9.17, 15) is 0 Å². The molecule has 0 atom stereocenters. The molecule has 40 valence electrons. The number of rotatable bonds is 0. The Hall–Kier alpha value is 1.36. The van der Waals surface area contributed by atoms with Crippen molar-refractivity contribution in [2.75, 3.05) is 0 Å². The average Bonchev–Trinajstić information content (AvgIpc) is 0.722. The van der Waals surface area contributed by atoms with E-state index < -0.39 is 13.4 Å². The third-order valence-corrected chi connectivity index (χ3v) is 0. The van der Waals surface area contributed by atoms with Crippen molar-refractivity contribution in [3.05, 3.63) is 0 Å². The summed E-state index contributed by atoms with van der Waals surface area (Å²) in [7, 11) is 0. The summed E-state index contributed by atoms with van der Waals surface area (Å²) in [5, 5.41) is 0. The average molecular weight is 302 g/mol. The molecule has 0 saturated carbocycles. The quantitative estimate of drug-likeness (QED) is 0.521. The first-order valence-electron chi connectivity index (χ1n) is 0.698. The van der Waals surface area contributed by atoms with Gasteiger partial charge in [0.1, 0.15) is 0 Å². The molecular formula is H2GdO4Se. The van der Waals surface area contributed by atoms with Gasteiger partial charge < -0.3 is 0 Å². The van der Waals surface area contributed by atoms with Crippen LogP contribution in [0, 0.1) is 39.9 Å². The molecule has 2 N–H and O–H groups in total. The minimum absolute atomic E-state index is 0. The molecule has 0 heterocycles. The molecule has 0 amide bonds. The van der Waals surface area contributed by atoms with E-state index in [-0.39, 0.29) is 39.9 Å². The predicted octanol–water partition coefficient (Wildman–Crippen LogP) is -1.73. The molecule has 0 rings (SSSR count). The molecule has 0 radical (unpaired) electrons. The van der Waals surface area contributed by atoms with E-state index in [0.717, 1.165) is 0 Å². The van der Waals surface area contributed by atoms with Crippen LogP contribution in [0.15, 0.2) is 0 Å². The summed E-state index contributed by atoms with van der Waals surface area (Å²) in [5.41, 5.74) is 0. The van der Waals surface area contributed by atoms with Crippen molar-refractivity contribution in [3.8, 4) is 0 Å². The van der Waals surface area contributed by atoms with Gasteiger partial charge >= 0.3 is 29.4 Å². The van der Waals surface area contributed by atoms with E-state index in [1.165, 1.54) is 0 Å². The number of hydrogen-bond acceptors (Lipinski definition) is 2. The zero-order chi connectivity index (χ0) is 4.50. The van der Waals surface area contributed by atoms with Crippen LogP contribution in [-0.2, 0) is 7.67 Å². The summed E-state index contributed by atoms with van der Waals surface area (Å²) in [6.45, 7) is 0. The summed E-state index contributed by atoms with van der Waals surface area (Å²) < 4.78 is 31.9. The Labute approximate surface area is 68.5 Å². The summed E-state index contributed by atoms with van der Waals surface area (Å²) >= 11 is -5.25. The Kier molecular flexibility index (Phi) is 5.83. The SMILES string of the molecule is O=[Se](=O)(O)O.[Gd]. The molecule has 0 bridgehead atoms. The first-order chi connectivity index (χ1) is 2.00. The van der Waals surface area contributed by atoms with Gasteiger partial charge in [-0.1, -0.05) is 0 Å². The molecule has 0 saturated heterocycles. The minimum Gasteiger partial charge on any atom is 0 e. The second kappa shape index (κ2) is 3.38. The van der Waals surface area contributed by atoms with E-state index in [1.54, 1.807) is 0 Å². The molecule has 4 nitrogen and oxygen atoms in total. The predicted molar refractivity (Wildman–Crippen MR) is 11.6 cm³/mol. The van der Waals surface area contributed by atoms with E-state index in [0.29, 0.717) is 0 Å². The molecule has 6 heteroatoms. The summed E-state index contributed by atoms with van der Waals surface area (Å²) in [4.78, 5) is 0. The van der Waals surface area contributed by atoms with Crippen molar-refractivity contribution in [2.45, 2.75) is 0 Å². The molecule has 0 fully saturated rings. The Morgan fingerprint density at radius 1 is 1.17 bits per heavy atom. The van der Waals surface area contributed by atoms with Crippen LogP contribution in [0.1, 0.15) is 0 Å². The van der Waals surface area contributed by atoms with Crippen LogP contribution < -0.4 is 0 Å². The van der Waals surface area contributed by atoms with E-state index >= 15 is 0 Å². The van der Waals surface area contributed by atoms with Crippen LogP contribution >= 0.6 is 0 Å². The van der Waals surface area contributed by atoms with Crippen LogP contribution in [-0.4, -0.2) is 21.7 Å². The molecular weight excluding hydrogens is 300 g/mol. The van der Waals surface area contributed by atoms with Crippen molar-refractivity contribution >= 4 is 13.4 Å². The first kappa shape index (κ1) is 10.4. The third-order valence-electron chi connectivity index (χ3n) is 0. The summed E-state index contributed by atoms with van der Waals surface area (Å²) in [6.07, 6.45) is 0.